The summed E-state index contributed by atoms with van der Waals surface area (Å²) in [5.41, 5.74) is 3.68. The van der Waals surface area contributed by atoms with Crippen LogP contribution < -0.4 is 0 Å². The van der Waals surface area contributed by atoms with E-state index in [-0.39, 0.29) is 0 Å². The molecule has 2 rings (SSSR count). The Morgan fingerprint density at radius 3 is 2.41 bits per heavy atom. The molecule has 1 nitrogen and oxygen atoms in total. The highest BCUT2D eigenvalue weighted by Gasteiger charge is 2.37. The van der Waals surface area contributed by atoms with Gasteiger partial charge >= 0.3 is 0 Å². The van der Waals surface area contributed by atoms with Crippen LogP contribution in [-0.4, -0.2) is 13.1 Å². The maximum absolute atomic E-state index is 10.9. The molecule has 0 radical (unpaired) electrons. The van der Waals surface area contributed by atoms with Gasteiger partial charge in [-0.1, -0.05) is 68.1 Å². The van der Waals surface area contributed by atoms with Crippen molar-refractivity contribution in [3.05, 3.63) is 48.2 Å². The normalized spacial score (nSPS) is 20.8. The van der Waals surface area contributed by atoms with Gasteiger partial charge in [-0.3, -0.25) is 0 Å². The molecule has 1 aromatic rings. The van der Waals surface area contributed by atoms with Crippen LogP contribution in [-0.2, 0) is 6.04 Å². The van der Waals surface area contributed by atoms with E-state index in [1.165, 1.54) is 37.7 Å². The van der Waals surface area contributed by atoms with Gasteiger partial charge in [0.1, 0.15) is 0 Å². The van der Waals surface area contributed by atoms with Crippen molar-refractivity contribution in [3.63, 3.8) is 0 Å². The van der Waals surface area contributed by atoms with Gasteiger partial charge in [-0.15, -0.1) is 6.58 Å². The molecule has 0 heterocycles. The minimum Gasteiger partial charge on any atom is -0.427 e. The van der Waals surface area contributed by atoms with Gasteiger partial charge in [-0.05, 0) is 17.1 Å². The zero-order valence-corrected chi connectivity index (χ0v) is 11.4. The minimum absolute atomic E-state index is 0.522. The number of hydrogen-bond donors (Lipinski definition) is 1. The molecule has 0 spiro atoms. The maximum atomic E-state index is 10.9. The first-order valence-corrected chi connectivity index (χ1v) is 8.95. The smallest absolute Gasteiger partial charge is 0.219 e. The molecule has 0 aliphatic heterocycles. The minimum atomic E-state index is -2.30. The monoisotopic (exact) mass is 246 g/mol. The molecule has 0 amide bonds. The van der Waals surface area contributed by atoms with Gasteiger partial charge in [0, 0.05) is 0 Å². The highest BCUT2D eigenvalue weighted by Crippen LogP contribution is 2.37. The van der Waals surface area contributed by atoms with Crippen molar-refractivity contribution < 1.29 is 4.80 Å². The average Bonchev–Trinajstić information content (AvgIpc) is 2.41. The molecule has 1 unspecified atom stereocenters. The van der Waals surface area contributed by atoms with Crippen LogP contribution in [0.4, 0.5) is 0 Å². The number of benzene rings is 1. The number of hydrogen-bond acceptors (Lipinski definition) is 1. The first kappa shape index (κ1) is 12.6. The Morgan fingerprint density at radius 1 is 1.18 bits per heavy atom. The Morgan fingerprint density at radius 2 is 1.82 bits per heavy atom. The van der Waals surface area contributed by atoms with E-state index in [4.69, 9.17) is 0 Å². The van der Waals surface area contributed by atoms with Crippen LogP contribution in [0.5, 0.6) is 0 Å². The summed E-state index contributed by atoms with van der Waals surface area (Å²) < 4.78 is 0. The van der Waals surface area contributed by atoms with Gasteiger partial charge in [-0.2, -0.15) is 0 Å². The highest BCUT2D eigenvalue weighted by molar-refractivity contribution is 6.78. The van der Waals surface area contributed by atoms with E-state index in [9.17, 15) is 4.80 Å². The van der Waals surface area contributed by atoms with Crippen molar-refractivity contribution in [1.82, 2.24) is 0 Å². The van der Waals surface area contributed by atoms with Crippen molar-refractivity contribution in [1.29, 1.82) is 0 Å². The summed E-state index contributed by atoms with van der Waals surface area (Å²) in [5, 5.41) is 0. The lowest BCUT2D eigenvalue weighted by Crippen LogP contribution is -2.42. The molecule has 92 valence electrons. The topological polar surface area (TPSA) is 20.2 Å². The molecule has 1 N–H and O–H groups in total. The Balaban J connectivity index is 2.10. The van der Waals surface area contributed by atoms with E-state index in [1.54, 1.807) is 0 Å². The van der Waals surface area contributed by atoms with Crippen LogP contribution >= 0.6 is 0 Å². The first-order chi connectivity index (χ1) is 8.24. The zero-order chi connectivity index (χ0) is 12.1. The second-order valence-corrected chi connectivity index (χ2v) is 8.75. The Kier molecular flexibility index (Phi) is 4.19. The van der Waals surface area contributed by atoms with E-state index in [2.05, 4.69) is 18.7 Å². The van der Waals surface area contributed by atoms with Crippen LogP contribution in [0.2, 0.25) is 5.54 Å². The fourth-order valence-electron chi connectivity index (χ4n) is 2.91. The summed E-state index contributed by atoms with van der Waals surface area (Å²) in [4.78, 5) is 10.9. The van der Waals surface area contributed by atoms with Crippen LogP contribution in [0.15, 0.2) is 42.6 Å². The Hall–Kier alpha value is -0.863. The molecule has 1 aromatic carbocycles. The summed E-state index contributed by atoms with van der Waals surface area (Å²) in [7, 11) is -2.30. The Bertz CT molecular complexity index is 356. The van der Waals surface area contributed by atoms with Crippen LogP contribution in [0.3, 0.4) is 0 Å². The van der Waals surface area contributed by atoms with E-state index in [0.717, 1.165) is 6.04 Å². The molecule has 0 saturated heterocycles. The van der Waals surface area contributed by atoms with Gasteiger partial charge in [0.15, 0.2) is 0 Å². The van der Waals surface area contributed by atoms with Crippen LogP contribution in [0, 0.1) is 0 Å². The van der Waals surface area contributed by atoms with E-state index >= 15 is 0 Å². The third kappa shape index (κ3) is 3.08. The molecule has 1 fully saturated rings. The third-order valence-electron chi connectivity index (χ3n) is 4.00. The van der Waals surface area contributed by atoms with Crippen molar-refractivity contribution in [3.8, 4) is 0 Å². The summed E-state index contributed by atoms with van der Waals surface area (Å²) >= 11 is 0. The van der Waals surface area contributed by atoms with Crippen molar-refractivity contribution in [2.24, 2.45) is 0 Å². The predicted octanol–water partition coefficient (Wildman–Crippen LogP) is 3.77. The lowest BCUT2D eigenvalue weighted by atomic mass is 10.0. The molecule has 0 aromatic heterocycles. The summed E-state index contributed by atoms with van der Waals surface area (Å²) in [6.07, 6.45) is 6.29. The molecule has 0 bridgehead atoms. The average molecular weight is 246 g/mol. The van der Waals surface area contributed by atoms with Crippen LogP contribution in [0.1, 0.15) is 37.7 Å². The molecule has 1 atom stereocenters. The first-order valence-electron chi connectivity index (χ1n) is 6.64. The molecule has 1 saturated carbocycles. The lowest BCUT2D eigenvalue weighted by molar-refractivity contribution is 0.433. The molecule has 1 aliphatic carbocycles. The Labute approximate surface area is 105 Å². The van der Waals surface area contributed by atoms with Gasteiger partial charge in [0.25, 0.3) is 0 Å². The van der Waals surface area contributed by atoms with Gasteiger partial charge in [-0.25, -0.2) is 0 Å². The van der Waals surface area contributed by atoms with Gasteiger partial charge in [0.05, 0.1) is 0 Å². The van der Waals surface area contributed by atoms with Crippen LogP contribution in [0.25, 0.3) is 0 Å². The maximum Gasteiger partial charge on any atom is 0.219 e. The molecule has 17 heavy (non-hydrogen) atoms. The highest BCUT2D eigenvalue weighted by atomic mass is 28.4. The zero-order valence-electron chi connectivity index (χ0n) is 10.4. The van der Waals surface area contributed by atoms with E-state index in [1.807, 2.05) is 23.9 Å². The quantitative estimate of drug-likeness (QED) is 0.802. The summed E-state index contributed by atoms with van der Waals surface area (Å²) in [6.45, 7) is 3.92. The summed E-state index contributed by atoms with van der Waals surface area (Å²) in [5.74, 6) is 0. The van der Waals surface area contributed by atoms with Crippen molar-refractivity contribution >= 4 is 8.32 Å². The second-order valence-electron chi connectivity index (χ2n) is 5.19. The van der Waals surface area contributed by atoms with E-state index < -0.39 is 8.32 Å². The fourth-order valence-corrected chi connectivity index (χ4v) is 5.97. The standard InChI is InChI=1S/C15H22OSi/c1-2-17(16,15-11-7-4-8-12-15)13-14-9-5-3-6-10-14/h2-3,5-6,9-10,15-16H,1,4,7-8,11-13H2. The van der Waals surface area contributed by atoms with Gasteiger partial charge in [0.2, 0.25) is 8.32 Å². The second kappa shape index (κ2) is 5.65. The molecule has 1 aliphatic rings. The van der Waals surface area contributed by atoms with Gasteiger partial charge < -0.3 is 4.80 Å². The SMILES string of the molecule is C=C[Si](O)(Cc1ccccc1)C1CCCCC1. The fraction of sp³-hybridized carbons (Fsp3) is 0.467. The third-order valence-corrected chi connectivity index (χ3v) is 7.67. The lowest BCUT2D eigenvalue weighted by Gasteiger charge is -2.34. The molecule has 2 heteroatoms. The van der Waals surface area contributed by atoms with Crippen molar-refractivity contribution in [2.75, 3.05) is 0 Å². The van der Waals surface area contributed by atoms with Crippen molar-refractivity contribution in [2.45, 2.75) is 43.7 Å². The summed E-state index contributed by atoms with van der Waals surface area (Å²) in [6, 6.07) is 11.2. The number of rotatable bonds is 4. The molecular weight excluding hydrogens is 224 g/mol. The predicted molar refractivity (Wildman–Crippen MR) is 75.2 cm³/mol. The molecular formula is C15H22OSi. The van der Waals surface area contributed by atoms with E-state index in [0.29, 0.717) is 5.54 Å². The largest absolute Gasteiger partial charge is 0.427 e.